The SMILES string of the molecule is CC1(C)C[C@@H](C[C@@H](C#N)NC(=O)[C@H]2NC[C@H]3[C@@H]2C3(C)C)C(=O)N1. The molecule has 3 aliphatic rings. The van der Waals surface area contributed by atoms with Crippen LogP contribution in [0, 0.1) is 34.5 Å². The van der Waals surface area contributed by atoms with Crippen molar-refractivity contribution < 1.29 is 9.59 Å². The van der Waals surface area contributed by atoms with Crippen molar-refractivity contribution in [3.05, 3.63) is 0 Å². The Bertz CT molecular complexity index is 578. The van der Waals surface area contributed by atoms with E-state index in [1.165, 1.54) is 0 Å². The highest BCUT2D eigenvalue weighted by Gasteiger charge is 2.65. The number of rotatable bonds is 4. The summed E-state index contributed by atoms with van der Waals surface area (Å²) in [5.74, 6) is 0.575. The van der Waals surface area contributed by atoms with Gasteiger partial charge in [0.15, 0.2) is 0 Å². The van der Waals surface area contributed by atoms with Gasteiger partial charge in [-0.05, 0) is 50.5 Å². The molecule has 3 N–H and O–H groups in total. The lowest BCUT2D eigenvalue weighted by molar-refractivity contribution is -0.125. The van der Waals surface area contributed by atoms with E-state index in [-0.39, 0.29) is 34.7 Å². The largest absolute Gasteiger partial charge is 0.351 e. The van der Waals surface area contributed by atoms with Crippen LogP contribution in [0.3, 0.4) is 0 Å². The molecule has 2 saturated heterocycles. The van der Waals surface area contributed by atoms with Crippen LogP contribution in [0.4, 0.5) is 0 Å². The molecule has 0 aromatic carbocycles. The van der Waals surface area contributed by atoms with E-state index < -0.39 is 6.04 Å². The number of amides is 2. The van der Waals surface area contributed by atoms with Gasteiger partial charge in [-0.2, -0.15) is 5.26 Å². The van der Waals surface area contributed by atoms with E-state index in [1.807, 2.05) is 13.8 Å². The standard InChI is InChI=1S/C17H26N4O2/c1-16(2)6-9(14(22)21-16)5-10(7-18)20-15(23)13-12-11(8-19-13)17(12,3)4/h9-13,19H,5-6,8H2,1-4H3,(H,20,23)(H,21,22)/t9-,10+,11+,12+,13+/m1/s1. The number of carbonyl (C=O) groups is 2. The maximum Gasteiger partial charge on any atom is 0.238 e. The second-order valence-corrected chi connectivity index (χ2v) is 8.54. The molecule has 0 aromatic heterocycles. The van der Waals surface area contributed by atoms with E-state index in [1.54, 1.807) is 0 Å². The molecule has 2 amide bonds. The van der Waals surface area contributed by atoms with Gasteiger partial charge in [0.25, 0.3) is 0 Å². The van der Waals surface area contributed by atoms with Crippen molar-refractivity contribution in [1.29, 1.82) is 5.26 Å². The van der Waals surface area contributed by atoms with Crippen molar-refractivity contribution in [3.63, 3.8) is 0 Å². The summed E-state index contributed by atoms with van der Waals surface area (Å²) in [6.07, 6.45) is 1.07. The second-order valence-electron chi connectivity index (χ2n) is 8.54. The van der Waals surface area contributed by atoms with Crippen LogP contribution < -0.4 is 16.0 Å². The summed E-state index contributed by atoms with van der Waals surface area (Å²) in [6.45, 7) is 9.20. The van der Waals surface area contributed by atoms with Crippen LogP contribution in [0.15, 0.2) is 0 Å². The first-order valence-corrected chi connectivity index (χ1v) is 8.41. The average molecular weight is 318 g/mol. The molecule has 5 atom stereocenters. The van der Waals surface area contributed by atoms with Gasteiger partial charge in [-0.3, -0.25) is 9.59 Å². The summed E-state index contributed by atoms with van der Waals surface area (Å²) in [4.78, 5) is 24.5. The molecule has 0 aromatic rings. The van der Waals surface area contributed by atoms with Gasteiger partial charge in [-0.25, -0.2) is 0 Å². The Hall–Kier alpha value is -1.61. The normalized spacial score (nSPS) is 37.4. The molecule has 3 rings (SSSR count). The number of hydrogen-bond donors (Lipinski definition) is 3. The van der Waals surface area contributed by atoms with Crippen molar-refractivity contribution in [1.82, 2.24) is 16.0 Å². The first-order chi connectivity index (χ1) is 10.7. The summed E-state index contributed by atoms with van der Waals surface area (Å²) < 4.78 is 0. The fourth-order valence-corrected chi connectivity index (χ4v) is 4.55. The molecule has 2 heterocycles. The smallest absolute Gasteiger partial charge is 0.238 e. The Labute approximate surface area is 137 Å². The monoisotopic (exact) mass is 318 g/mol. The molecule has 6 heteroatoms. The fourth-order valence-electron chi connectivity index (χ4n) is 4.55. The zero-order valence-electron chi connectivity index (χ0n) is 14.3. The van der Waals surface area contributed by atoms with E-state index in [2.05, 4.69) is 35.9 Å². The molecule has 126 valence electrons. The van der Waals surface area contributed by atoms with Crippen LogP contribution in [-0.4, -0.2) is 36.0 Å². The zero-order valence-corrected chi connectivity index (χ0v) is 14.3. The van der Waals surface area contributed by atoms with Crippen LogP contribution in [0.2, 0.25) is 0 Å². The number of nitriles is 1. The molecule has 3 fully saturated rings. The molecule has 1 saturated carbocycles. The lowest BCUT2D eigenvalue weighted by Gasteiger charge is -2.21. The number of piperidine rings is 1. The van der Waals surface area contributed by atoms with Crippen molar-refractivity contribution in [2.45, 2.75) is 58.2 Å². The number of carbonyl (C=O) groups excluding carboxylic acids is 2. The fraction of sp³-hybridized carbons (Fsp3) is 0.824. The van der Waals surface area contributed by atoms with E-state index in [0.717, 1.165) is 6.54 Å². The third-order valence-electron chi connectivity index (χ3n) is 5.92. The van der Waals surface area contributed by atoms with Gasteiger partial charge in [0.2, 0.25) is 11.8 Å². The van der Waals surface area contributed by atoms with Gasteiger partial charge in [0, 0.05) is 11.5 Å². The molecular formula is C17H26N4O2. The van der Waals surface area contributed by atoms with Gasteiger partial charge in [-0.1, -0.05) is 13.8 Å². The van der Waals surface area contributed by atoms with Crippen molar-refractivity contribution in [2.75, 3.05) is 6.54 Å². The van der Waals surface area contributed by atoms with E-state index in [0.29, 0.717) is 24.7 Å². The van der Waals surface area contributed by atoms with E-state index in [4.69, 9.17) is 0 Å². The number of fused-ring (bicyclic) bond motifs is 1. The molecule has 23 heavy (non-hydrogen) atoms. The number of hydrogen-bond acceptors (Lipinski definition) is 4. The molecule has 6 nitrogen and oxygen atoms in total. The van der Waals surface area contributed by atoms with Crippen LogP contribution in [0.1, 0.15) is 40.5 Å². The molecule has 0 radical (unpaired) electrons. The molecule has 0 spiro atoms. The minimum Gasteiger partial charge on any atom is -0.351 e. The highest BCUT2D eigenvalue weighted by atomic mass is 16.2. The lowest BCUT2D eigenvalue weighted by atomic mass is 9.92. The Morgan fingerprint density at radius 2 is 2.13 bits per heavy atom. The molecule has 0 unspecified atom stereocenters. The maximum atomic E-state index is 12.5. The van der Waals surface area contributed by atoms with Gasteiger partial charge in [0.05, 0.1) is 12.1 Å². The van der Waals surface area contributed by atoms with Gasteiger partial charge < -0.3 is 16.0 Å². The third kappa shape index (κ3) is 2.83. The van der Waals surface area contributed by atoms with Crippen molar-refractivity contribution in [3.8, 4) is 6.07 Å². The highest BCUT2D eigenvalue weighted by Crippen LogP contribution is 2.62. The highest BCUT2D eigenvalue weighted by molar-refractivity contribution is 5.85. The minimum atomic E-state index is -0.616. The maximum absolute atomic E-state index is 12.5. The number of nitrogens with zero attached hydrogens (tertiary/aromatic N) is 1. The predicted molar refractivity (Wildman–Crippen MR) is 85.0 cm³/mol. The summed E-state index contributed by atoms with van der Waals surface area (Å²) >= 11 is 0. The van der Waals surface area contributed by atoms with Gasteiger partial charge >= 0.3 is 0 Å². The van der Waals surface area contributed by atoms with Gasteiger partial charge in [0.1, 0.15) is 6.04 Å². The van der Waals surface area contributed by atoms with Crippen LogP contribution in [0.5, 0.6) is 0 Å². The van der Waals surface area contributed by atoms with E-state index >= 15 is 0 Å². The zero-order chi connectivity index (χ0) is 17.0. The first-order valence-electron chi connectivity index (χ1n) is 8.41. The quantitative estimate of drug-likeness (QED) is 0.705. The van der Waals surface area contributed by atoms with Gasteiger partial charge in [-0.15, -0.1) is 0 Å². The Kier molecular flexibility index (Phi) is 3.68. The Morgan fingerprint density at radius 3 is 2.61 bits per heavy atom. The molecule has 2 aliphatic heterocycles. The van der Waals surface area contributed by atoms with Crippen molar-refractivity contribution >= 4 is 11.8 Å². The number of nitrogens with one attached hydrogen (secondary N) is 3. The molecule has 0 bridgehead atoms. The summed E-state index contributed by atoms with van der Waals surface area (Å²) in [6, 6.07) is 1.32. The minimum absolute atomic E-state index is 0.0214. The second kappa shape index (κ2) is 5.20. The van der Waals surface area contributed by atoms with Crippen LogP contribution in [0.25, 0.3) is 0 Å². The topological polar surface area (TPSA) is 94.0 Å². The predicted octanol–water partition coefficient (Wildman–Crippen LogP) is 0.544. The van der Waals surface area contributed by atoms with Crippen LogP contribution in [-0.2, 0) is 9.59 Å². The first kappa shape index (κ1) is 16.3. The lowest BCUT2D eigenvalue weighted by Crippen LogP contribution is -2.48. The summed E-state index contributed by atoms with van der Waals surface area (Å²) in [7, 11) is 0. The molecule has 1 aliphatic carbocycles. The molecular weight excluding hydrogens is 292 g/mol. The third-order valence-corrected chi connectivity index (χ3v) is 5.92. The van der Waals surface area contributed by atoms with Crippen LogP contribution >= 0.6 is 0 Å². The Balaban J connectivity index is 1.57. The van der Waals surface area contributed by atoms with Crippen molar-refractivity contribution in [2.24, 2.45) is 23.2 Å². The summed E-state index contributed by atoms with van der Waals surface area (Å²) in [5, 5.41) is 18.4. The summed E-state index contributed by atoms with van der Waals surface area (Å²) in [5.41, 5.74) is -0.0191. The van der Waals surface area contributed by atoms with E-state index in [9.17, 15) is 14.9 Å². The Morgan fingerprint density at radius 1 is 1.43 bits per heavy atom. The average Bonchev–Trinajstić information content (AvgIpc) is 2.82.